The number of anilines is 1. The van der Waals surface area contributed by atoms with E-state index in [9.17, 15) is 0 Å². The summed E-state index contributed by atoms with van der Waals surface area (Å²) >= 11 is 0. The van der Waals surface area contributed by atoms with Crippen LogP contribution in [0.5, 0.6) is 0 Å². The Morgan fingerprint density at radius 1 is 1.41 bits per heavy atom. The van der Waals surface area contributed by atoms with Crippen LogP contribution in [-0.4, -0.2) is 29.3 Å². The van der Waals surface area contributed by atoms with Crippen molar-refractivity contribution >= 4 is 6.01 Å². The van der Waals surface area contributed by atoms with Gasteiger partial charge in [-0.25, -0.2) is 0 Å². The molecule has 1 aliphatic carbocycles. The Morgan fingerprint density at radius 2 is 2.18 bits per heavy atom. The predicted octanol–water partition coefficient (Wildman–Crippen LogP) is 1.80. The van der Waals surface area contributed by atoms with E-state index in [2.05, 4.69) is 41.2 Å². The Bertz CT molecular complexity index is 346. The second kappa shape index (κ2) is 5.49. The van der Waals surface area contributed by atoms with Crippen molar-refractivity contribution in [1.29, 1.82) is 0 Å². The molecule has 17 heavy (non-hydrogen) atoms. The highest BCUT2D eigenvalue weighted by Crippen LogP contribution is 2.30. The van der Waals surface area contributed by atoms with E-state index < -0.39 is 0 Å². The molecule has 0 bridgehead atoms. The van der Waals surface area contributed by atoms with Crippen molar-refractivity contribution < 1.29 is 4.42 Å². The highest BCUT2D eigenvalue weighted by molar-refractivity contribution is 5.24. The van der Waals surface area contributed by atoms with Gasteiger partial charge in [0.05, 0.1) is 6.54 Å². The third-order valence-corrected chi connectivity index (χ3v) is 2.95. The molecule has 0 spiro atoms. The summed E-state index contributed by atoms with van der Waals surface area (Å²) in [5, 5.41) is 11.4. The highest BCUT2D eigenvalue weighted by atomic mass is 16.4. The van der Waals surface area contributed by atoms with Crippen molar-refractivity contribution in [3.8, 4) is 0 Å². The first-order valence-electron chi connectivity index (χ1n) is 6.49. The molecule has 5 heteroatoms. The van der Waals surface area contributed by atoms with Crippen molar-refractivity contribution in [2.45, 2.75) is 46.2 Å². The summed E-state index contributed by atoms with van der Waals surface area (Å²) < 4.78 is 5.66. The van der Waals surface area contributed by atoms with E-state index in [1.54, 1.807) is 0 Å². The van der Waals surface area contributed by atoms with Crippen LogP contribution >= 0.6 is 0 Å². The van der Waals surface area contributed by atoms with Crippen molar-refractivity contribution in [2.75, 3.05) is 18.0 Å². The van der Waals surface area contributed by atoms with Gasteiger partial charge in [-0.2, -0.15) is 0 Å². The number of hydrogen-bond donors (Lipinski definition) is 1. The van der Waals surface area contributed by atoms with Gasteiger partial charge < -0.3 is 14.6 Å². The van der Waals surface area contributed by atoms with E-state index in [-0.39, 0.29) is 0 Å². The molecule has 1 N–H and O–H groups in total. The minimum absolute atomic E-state index is 0.430. The van der Waals surface area contributed by atoms with Gasteiger partial charge >= 0.3 is 6.01 Å². The first-order valence-corrected chi connectivity index (χ1v) is 6.49. The van der Waals surface area contributed by atoms with Crippen molar-refractivity contribution in [2.24, 2.45) is 5.92 Å². The fourth-order valence-corrected chi connectivity index (χ4v) is 1.69. The summed E-state index contributed by atoms with van der Waals surface area (Å²) in [7, 11) is 0. The van der Waals surface area contributed by atoms with E-state index >= 15 is 0 Å². The lowest BCUT2D eigenvalue weighted by atomic mass is 10.4. The molecule has 96 valence electrons. The normalized spacial score (nSPS) is 15.5. The monoisotopic (exact) mass is 238 g/mol. The van der Waals surface area contributed by atoms with Crippen LogP contribution in [-0.2, 0) is 6.54 Å². The molecule has 0 aromatic carbocycles. The lowest BCUT2D eigenvalue weighted by Crippen LogP contribution is -2.25. The number of hydrogen-bond acceptors (Lipinski definition) is 5. The highest BCUT2D eigenvalue weighted by Gasteiger charge is 2.25. The SMILES string of the molecule is CCN(CC1CC1)c1nnc(CNC(C)C)o1. The predicted molar refractivity (Wildman–Crippen MR) is 66.9 cm³/mol. The van der Waals surface area contributed by atoms with Gasteiger partial charge in [0.15, 0.2) is 0 Å². The van der Waals surface area contributed by atoms with Gasteiger partial charge in [0.1, 0.15) is 0 Å². The van der Waals surface area contributed by atoms with Gasteiger partial charge in [0.25, 0.3) is 0 Å². The minimum atomic E-state index is 0.430. The molecular formula is C12H22N4O. The van der Waals surface area contributed by atoms with Crippen LogP contribution in [0.4, 0.5) is 6.01 Å². The van der Waals surface area contributed by atoms with Crippen LogP contribution in [0.15, 0.2) is 4.42 Å². The Balaban J connectivity index is 1.90. The van der Waals surface area contributed by atoms with Gasteiger partial charge in [-0.05, 0) is 25.7 Å². The molecule has 5 nitrogen and oxygen atoms in total. The van der Waals surface area contributed by atoms with Crippen LogP contribution < -0.4 is 10.2 Å². The van der Waals surface area contributed by atoms with Crippen LogP contribution in [0.25, 0.3) is 0 Å². The summed E-state index contributed by atoms with van der Waals surface area (Å²) in [6.45, 7) is 8.95. The molecule has 0 amide bonds. The maximum Gasteiger partial charge on any atom is 0.318 e. The molecule has 1 heterocycles. The zero-order chi connectivity index (χ0) is 12.3. The van der Waals surface area contributed by atoms with Gasteiger partial charge in [-0.15, -0.1) is 5.10 Å². The molecule has 1 aromatic heterocycles. The average molecular weight is 238 g/mol. The Kier molecular flexibility index (Phi) is 3.99. The Hall–Kier alpha value is -1.10. The third-order valence-electron chi connectivity index (χ3n) is 2.95. The Labute approximate surface area is 103 Å². The quantitative estimate of drug-likeness (QED) is 0.785. The molecular weight excluding hydrogens is 216 g/mol. The summed E-state index contributed by atoms with van der Waals surface area (Å²) in [6, 6.07) is 1.10. The zero-order valence-electron chi connectivity index (χ0n) is 10.9. The van der Waals surface area contributed by atoms with E-state index in [1.807, 2.05) is 0 Å². The second-order valence-electron chi connectivity index (χ2n) is 5.00. The van der Waals surface area contributed by atoms with Crippen LogP contribution in [0.1, 0.15) is 39.5 Å². The second-order valence-corrected chi connectivity index (χ2v) is 5.00. The van der Waals surface area contributed by atoms with Gasteiger partial charge in [0.2, 0.25) is 5.89 Å². The van der Waals surface area contributed by atoms with Crippen LogP contribution in [0.3, 0.4) is 0 Å². The van der Waals surface area contributed by atoms with Crippen LogP contribution in [0, 0.1) is 5.92 Å². The third kappa shape index (κ3) is 3.70. The van der Waals surface area contributed by atoms with Gasteiger partial charge in [-0.1, -0.05) is 18.9 Å². The van der Waals surface area contributed by atoms with Gasteiger partial charge in [-0.3, -0.25) is 0 Å². The molecule has 2 rings (SSSR count). The smallest absolute Gasteiger partial charge is 0.318 e. The van der Waals surface area contributed by atoms with E-state index in [0.29, 0.717) is 24.5 Å². The fraction of sp³-hybridized carbons (Fsp3) is 0.833. The van der Waals surface area contributed by atoms with E-state index in [4.69, 9.17) is 4.42 Å². The number of aromatic nitrogens is 2. The summed E-state index contributed by atoms with van der Waals surface area (Å²) in [6.07, 6.45) is 2.68. The van der Waals surface area contributed by atoms with E-state index in [0.717, 1.165) is 19.0 Å². The summed E-state index contributed by atoms with van der Waals surface area (Å²) in [5.74, 6) is 1.50. The Morgan fingerprint density at radius 3 is 2.76 bits per heavy atom. The maximum absolute atomic E-state index is 5.66. The zero-order valence-corrected chi connectivity index (χ0v) is 10.9. The first-order chi connectivity index (χ1) is 8.19. The van der Waals surface area contributed by atoms with Crippen molar-refractivity contribution in [1.82, 2.24) is 15.5 Å². The first kappa shape index (κ1) is 12.4. The molecule has 1 aromatic rings. The summed E-state index contributed by atoms with van der Waals surface area (Å²) in [4.78, 5) is 2.17. The molecule has 0 saturated heterocycles. The molecule has 0 radical (unpaired) electrons. The number of nitrogens with zero attached hydrogens (tertiary/aromatic N) is 3. The number of rotatable bonds is 7. The summed E-state index contributed by atoms with van der Waals surface area (Å²) in [5.41, 5.74) is 0. The van der Waals surface area contributed by atoms with Crippen LogP contribution in [0.2, 0.25) is 0 Å². The van der Waals surface area contributed by atoms with E-state index in [1.165, 1.54) is 12.8 Å². The van der Waals surface area contributed by atoms with Crippen molar-refractivity contribution in [3.05, 3.63) is 5.89 Å². The number of nitrogens with one attached hydrogen (secondary N) is 1. The fourth-order valence-electron chi connectivity index (χ4n) is 1.69. The largest absolute Gasteiger partial charge is 0.407 e. The topological polar surface area (TPSA) is 54.2 Å². The molecule has 0 aliphatic heterocycles. The molecule has 1 aliphatic rings. The molecule has 1 fully saturated rings. The minimum Gasteiger partial charge on any atom is -0.407 e. The lowest BCUT2D eigenvalue weighted by Gasteiger charge is -2.16. The standard InChI is InChI=1S/C12H22N4O/c1-4-16(8-10-5-6-10)12-15-14-11(17-12)7-13-9(2)3/h9-10,13H,4-8H2,1-3H3. The average Bonchev–Trinajstić information content (AvgIpc) is 3.00. The molecule has 0 unspecified atom stereocenters. The van der Waals surface area contributed by atoms with Crippen molar-refractivity contribution in [3.63, 3.8) is 0 Å². The lowest BCUT2D eigenvalue weighted by molar-refractivity contribution is 0.445. The molecule has 1 saturated carbocycles. The molecule has 0 atom stereocenters. The van der Waals surface area contributed by atoms with Gasteiger partial charge in [0, 0.05) is 19.1 Å². The maximum atomic E-state index is 5.66.